The molecule has 0 saturated heterocycles. The summed E-state index contributed by atoms with van der Waals surface area (Å²) in [5.41, 5.74) is 1.31. The van der Waals surface area contributed by atoms with Crippen LogP contribution in [-0.4, -0.2) is 21.5 Å². The van der Waals surface area contributed by atoms with Gasteiger partial charge in [0.25, 0.3) is 0 Å². The molecule has 1 atom stereocenters. The van der Waals surface area contributed by atoms with Crippen LogP contribution in [0.25, 0.3) is 5.65 Å². The molecule has 2 heterocycles. The molecule has 0 N–H and O–H groups in total. The minimum atomic E-state index is -0.818. The Morgan fingerprint density at radius 1 is 1.25 bits per heavy atom. The first-order valence-electron chi connectivity index (χ1n) is 7.23. The standard InChI is InChI=1S/C17H14ClFN2O3/c1-11(24-15-5-3-13(19)4-6-15)17(22)23-10-14-9-21-8-12(18)2-7-16(21)20-14/h2-9,11H,10H2,1H3/t11-/m1/s1. The minimum absolute atomic E-state index is 0.0231. The molecule has 3 aromatic rings. The van der Waals surface area contributed by atoms with E-state index in [1.807, 2.05) is 0 Å². The molecule has 0 radical (unpaired) electrons. The average molecular weight is 349 g/mol. The Balaban J connectivity index is 1.58. The fourth-order valence-corrected chi connectivity index (χ4v) is 2.28. The molecule has 0 unspecified atom stereocenters. The Hall–Kier alpha value is -2.60. The van der Waals surface area contributed by atoms with Crippen molar-refractivity contribution in [3.05, 3.63) is 65.3 Å². The molecule has 2 aromatic heterocycles. The Morgan fingerprint density at radius 2 is 2.00 bits per heavy atom. The second-order valence-corrected chi connectivity index (χ2v) is 5.60. The Bertz CT molecular complexity index is 864. The largest absolute Gasteiger partial charge is 0.479 e. The number of ether oxygens (including phenoxy) is 2. The molecule has 0 amide bonds. The van der Waals surface area contributed by atoms with E-state index in [-0.39, 0.29) is 12.4 Å². The molecule has 1 aromatic carbocycles. The third kappa shape index (κ3) is 3.83. The van der Waals surface area contributed by atoms with Gasteiger partial charge in [-0.25, -0.2) is 14.2 Å². The second-order valence-electron chi connectivity index (χ2n) is 5.17. The van der Waals surface area contributed by atoms with Crippen molar-refractivity contribution in [1.82, 2.24) is 9.38 Å². The number of esters is 1. The van der Waals surface area contributed by atoms with Crippen molar-refractivity contribution in [2.75, 3.05) is 0 Å². The molecular formula is C17H14ClFN2O3. The number of carbonyl (C=O) groups is 1. The number of benzene rings is 1. The van der Waals surface area contributed by atoms with Crippen LogP contribution in [0.15, 0.2) is 48.8 Å². The highest BCUT2D eigenvalue weighted by Crippen LogP contribution is 2.15. The minimum Gasteiger partial charge on any atom is -0.479 e. The van der Waals surface area contributed by atoms with Crippen molar-refractivity contribution in [2.24, 2.45) is 0 Å². The van der Waals surface area contributed by atoms with E-state index >= 15 is 0 Å². The van der Waals surface area contributed by atoms with Crippen molar-refractivity contribution in [1.29, 1.82) is 0 Å². The number of rotatable bonds is 5. The van der Waals surface area contributed by atoms with Crippen LogP contribution in [0.3, 0.4) is 0 Å². The molecule has 0 aliphatic rings. The molecule has 0 spiro atoms. The molecule has 0 fully saturated rings. The predicted octanol–water partition coefficient (Wildman–Crippen LogP) is 3.64. The maximum absolute atomic E-state index is 12.8. The first-order chi connectivity index (χ1) is 11.5. The molecule has 124 valence electrons. The number of pyridine rings is 1. The summed E-state index contributed by atoms with van der Waals surface area (Å²) < 4.78 is 25.2. The fourth-order valence-electron chi connectivity index (χ4n) is 2.11. The Morgan fingerprint density at radius 3 is 2.75 bits per heavy atom. The lowest BCUT2D eigenvalue weighted by atomic mass is 10.3. The van der Waals surface area contributed by atoms with E-state index in [1.54, 1.807) is 35.9 Å². The van der Waals surface area contributed by atoms with Crippen molar-refractivity contribution >= 4 is 23.2 Å². The number of fused-ring (bicyclic) bond motifs is 1. The molecule has 0 bridgehead atoms. The summed E-state index contributed by atoms with van der Waals surface area (Å²) in [6.45, 7) is 1.59. The van der Waals surface area contributed by atoms with Crippen molar-refractivity contribution < 1.29 is 18.7 Å². The van der Waals surface area contributed by atoms with Gasteiger partial charge in [-0.2, -0.15) is 0 Å². The zero-order chi connectivity index (χ0) is 17.1. The van der Waals surface area contributed by atoms with Crippen LogP contribution in [0.2, 0.25) is 5.02 Å². The van der Waals surface area contributed by atoms with Crippen LogP contribution in [-0.2, 0) is 16.1 Å². The summed E-state index contributed by atoms with van der Waals surface area (Å²) in [6, 6.07) is 8.92. The number of hydrogen-bond acceptors (Lipinski definition) is 4. The summed E-state index contributed by atoms with van der Waals surface area (Å²) in [4.78, 5) is 16.3. The Kier molecular flexibility index (Phi) is 4.66. The van der Waals surface area contributed by atoms with Crippen LogP contribution in [0.5, 0.6) is 5.75 Å². The van der Waals surface area contributed by atoms with Gasteiger partial charge in [-0.3, -0.25) is 0 Å². The number of aromatic nitrogens is 2. The second kappa shape index (κ2) is 6.88. The lowest BCUT2D eigenvalue weighted by molar-refractivity contribution is -0.152. The summed E-state index contributed by atoms with van der Waals surface area (Å²) in [6.07, 6.45) is 2.64. The van der Waals surface area contributed by atoms with E-state index in [0.29, 0.717) is 22.1 Å². The van der Waals surface area contributed by atoms with Gasteiger partial charge in [0.2, 0.25) is 0 Å². The maximum Gasteiger partial charge on any atom is 0.347 e. The van der Waals surface area contributed by atoms with Gasteiger partial charge < -0.3 is 13.9 Å². The third-order valence-corrected chi connectivity index (χ3v) is 3.51. The third-order valence-electron chi connectivity index (χ3n) is 3.29. The topological polar surface area (TPSA) is 52.8 Å². The summed E-state index contributed by atoms with van der Waals surface area (Å²) in [5.74, 6) is -0.512. The fraction of sp³-hybridized carbons (Fsp3) is 0.176. The monoisotopic (exact) mass is 348 g/mol. The number of carbonyl (C=O) groups excluding carboxylic acids is 1. The maximum atomic E-state index is 12.8. The molecular weight excluding hydrogens is 335 g/mol. The van der Waals surface area contributed by atoms with E-state index in [9.17, 15) is 9.18 Å². The average Bonchev–Trinajstić information content (AvgIpc) is 2.96. The van der Waals surface area contributed by atoms with E-state index in [2.05, 4.69) is 4.98 Å². The van der Waals surface area contributed by atoms with Crippen LogP contribution in [0.1, 0.15) is 12.6 Å². The van der Waals surface area contributed by atoms with Crippen LogP contribution in [0.4, 0.5) is 4.39 Å². The van der Waals surface area contributed by atoms with Gasteiger partial charge in [-0.1, -0.05) is 11.6 Å². The van der Waals surface area contributed by atoms with Gasteiger partial charge in [0, 0.05) is 12.4 Å². The zero-order valence-corrected chi connectivity index (χ0v) is 13.5. The van der Waals surface area contributed by atoms with Crippen molar-refractivity contribution in [3.8, 4) is 5.75 Å². The van der Waals surface area contributed by atoms with E-state index in [1.165, 1.54) is 24.3 Å². The van der Waals surface area contributed by atoms with Crippen LogP contribution < -0.4 is 4.74 Å². The number of imidazole rings is 1. The van der Waals surface area contributed by atoms with Gasteiger partial charge in [0.05, 0.1) is 10.7 Å². The van der Waals surface area contributed by atoms with E-state index in [0.717, 1.165) is 0 Å². The molecule has 3 rings (SSSR count). The molecule has 24 heavy (non-hydrogen) atoms. The molecule has 7 heteroatoms. The van der Waals surface area contributed by atoms with Gasteiger partial charge in [-0.15, -0.1) is 0 Å². The first-order valence-corrected chi connectivity index (χ1v) is 7.61. The first kappa shape index (κ1) is 16.3. The van der Waals surface area contributed by atoms with Gasteiger partial charge in [-0.05, 0) is 43.3 Å². The van der Waals surface area contributed by atoms with Crippen LogP contribution in [0, 0.1) is 5.82 Å². The van der Waals surface area contributed by atoms with E-state index < -0.39 is 12.1 Å². The van der Waals surface area contributed by atoms with E-state index in [4.69, 9.17) is 21.1 Å². The predicted molar refractivity (Wildman–Crippen MR) is 86.5 cm³/mol. The lowest BCUT2D eigenvalue weighted by Crippen LogP contribution is -2.26. The number of nitrogens with zero attached hydrogens (tertiary/aromatic N) is 2. The molecule has 0 aliphatic carbocycles. The summed E-state index contributed by atoms with van der Waals surface area (Å²) in [7, 11) is 0. The zero-order valence-electron chi connectivity index (χ0n) is 12.8. The SMILES string of the molecule is C[C@@H](Oc1ccc(F)cc1)C(=O)OCc1cn2cc(Cl)ccc2n1. The molecule has 0 saturated carbocycles. The number of halogens is 2. The van der Waals surface area contributed by atoms with Crippen molar-refractivity contribution in [3.63, 3.8) is 0 Å². The van der Waals surface area contributed by atoms with Crippen molar-refractivity contribution in [2.45, 2.75) is 19.6 Å². The normalized spacial score (nSPS) is 12.1. The van der Waals surface area contributed by atoms with Gasteiger partial charge in [0.1, 0.15) is 23.8 Å². The smallest absolute Gasteiger partial charge is 0.347 e. The Labute approximate surface area is 142 Å². The summed E-state index contributed by atoms with van der Waals surface area (Å²) >= 11 is 5.91. The molecule has 0 aliphatic heterocycles. The van der Waals surface area contributed by atoms with Gasteiger partial charge in [0.15, 0.2) is 6.10 Å². The number of hydrogen-bond donors (Lipinski definition) is 0. The quantitative estimate of drug-likeness (QED) is 0.661. The summed E-state index contributed by atoms with van der Waals surface area (Å²) in [5, 5.41) is 0.588. The highest BCUT2D eigenvalue weighted by Gasteiger charge is 2.17. The molecule has 5 nitrogen and oxygen atoms in total. The lowest BCUT2D eigenvalue weighted by Gasteiger charge is -2.13. The van der Waals surface area contributed by atoms with Crippen LogP contribution >= 0.6 is 11.6 Å². The highest BCUT2D eigenvalue weighted by molar-refractivity contribution is 6.30. The highest BCUT2D eigenvalue weighted by atomic mass is 35.5. The van der Waals surface area contributed by atoms with Gasteiger partial charge >= 0.3 is 5.97 Å².